The van der Waals surface area contributed by atoms with Crippen LogP contribution in [0, 0.1) is 0 Å². The van der Waals surface area contributed by atoms with Crippen LogP contribution < -0.4 is 5.73 Å². The van der Waals surface area contributed by atoms with Gasteiger partial charge in [-0.15, -0.1) is 0 Å². The summed E-state index contributed by atoms with van der Waals surface area (Å²) >= 11 is 3.46. The maximum absolute atomic E-state index is 5.97. The molecule has 1 aromatic heterocycles. The van der Waals surface area contributed by atoms with Crippen molar-refractivity contribution in [1.82, 2.24) is 9.97 Å². The molecule has 0 bridgehead atoms. The lowest BCUT2D eigenvalue weighted by Crippen LogP contribution is -2.04. The molecule has 0 saturated heterocycles. The number of aromatic nitrogens is 2. The SMILES string of the molecule is COCc1cccc(-c2nc(N)c(Br)c(C(C)C)n2)c1. The standard InChI is InChI=1S/C15H18BrN3O/c1-9(2)13-12(16)14(17)19-15(18-13)11-6-4-5-10(7-11)8-20-3/h4-7,9H,8H2,1-3H3,(H2,17,18,19). The molecule has 2 rings (SSSR count). The predicted octanol–water partition coefficient (Wildman–Crippen LogP) is 3.76. The summed E-state index contributed by atoms with van der Waals surface area (Å²) in [4.78, 5) is 8.99. The first kappa shape index (κ1) is 14.9. The highest BCUT2D eigenvalue weighted by molar-refractivity contribution is 9.10. The van der Waals surface area contributed by atoms with E-state index in [1.807, 2.05) is 24.3 Å². The van der Waals surface area contributed by atoms with Gasteiger partial charge in [0.25, 0.3) is 0 Å². The second-order valence-electron chi connectivity index (χ2n) is 4.92. The zero-order valence-electron chi connectivity index (χ0n) is 11.9. The number of halogens is 1. The van der Waals surface area contributed by atoms with E-state index >= 15 is 0 Å². The van der Waals surface area contributed by atoms with Gasteiger partial charge in [0.1, 0.15) is 5.82 Å². The molecule has 0 saturated carbocycles. The van der Waals surface area contributed by atoms with Crippen molar-refractivity contribution in [2.45, 2.75) is 26.4 Å². The molecule has 0 unspecified atom stereocenters. The van der Waals surface area contributed by atoms with Crippen LogP contribution >= 0.6 is 15.9 Å². The number of nitrogens with zero attached hydrogens (tertiary/aromatic N) is 2. The number of nitrogen functional groups attached to an aromatic ring is 1. The maximum Gasteiger partial charge on any atom is 0.161 e. The van der Waals surface area contributed by atoms with Gasteiger partial charge in [0.15, 0.2) is 5.82 Å². The van der Waals surface area contributed by atoms with Crippen LogP contribution in [0.3, 0.4) is 0 Å². The summed E-state index contributed by atoms with van der Waals surface area (Å²) in [7, 11) is 1.68. The molecular formula is C15H18BrN3O. The Morgan fingerprint density at radius 1 is 1.30 bits per heavy atom. The van der Waals surface area contributed by atoms with Crippen LogP contribution in [0.2, 0.25) is 0 Å². The minimum Gasteiger partial charge on any atom is -0.383 e. The lowest BCUT2D eigenvalue weighted by Gasteiger charge is -2.12. The van der Waals surface area contributed by atoms with Gasteiger partial charge >= 0.3 is 0 Å². The molecule has 0 aliphatic carbocycles. The van der Waals surface area contributed by atoms with Crippen molar-refractivity contribution < 1.29 is 4.74 Å². The fraction of sp³-hybridized carbons (Fsp3) is 0.333. The largest absolute Gasteiger partial charge is 0.383 e. The van der Waals surface area contributed by atoms with E-state index in [-0.39, 0.29) is 5.92 Å². The Morgan fingerprint density at radius 3 is 2.70 bits per heavy atom. The fourth-order valence-corrected chi connectivity index (χ4v) is 2.60. The monoisotopic (exact) mass is 335 g/mol. The number of hydrogen-bond donors (Lipinski definition) is 1. The third-order valence-electron chi connectivity index (χ3n) is 2.95. The Kier molecular flexibility index (Phi) is 4.73. The fourth-order valence-electron chi connectivity index (χ4n) is 1.96. The Hall–Kier alpha value is -1.46. The molecule has 0 aliphatic rings. The quantitative estimate of drug-likeness (QED) is 0.923. The molecule has 1 heterocycles. The van der Waals surface area contributed by atoms with Gasteiger partial charge in [-0.25, -0.2) is 9.97 Å². The number of hydrogen-bond acceptors (Lipinski definition) is 4. The number of methoxy groups -OCH3 is 1. The molecule has 0 spiro atoms. The molecule has 2 aromatic rings. The normalized spacial score (nSPS) is 11.1. The van der Waals surface area contributed by atoms with Crippen LogP contribution in [0.5, 0.6) is 0 Å². The maximum atomic E-state index is 5.97. The van der Waals surface area contributed by atoms with Gasteiger partial charge in [0.05, 0.1) is 16.8 Å². The van der Waals surface area contributed by atoms with Crippen molar-refractivity contribution in [3.8, 4) is 11.4 Å². The van der Waals surface area contributed by atoms with E-state index < -0.39 is 0 Å². The highest BCUT2D eigenvalue weighted by Gasteiger charge is 2.14. The van der Waals surface area contributed by atoms with Gasteiger partial charge in [-0.05, 0) is 33.5 Å². The molecule has 2 N–H and O–H groups in total. The van der Waals surface area contributed by atoms with Crippen LogP contribution in [0.4, 0.5) is 5.82 Å². The molecule has 20 heavy (non-hydrogen) atoms. The second-order valence-corrected chi connectivity index (χ2v) is 5.71. The summed E-state index contributed by atoms with van der Waals surface area (Å²) in [6.07, 6.45) is 0. The van der Waals surface area contributed by atoms with Crippen LogP contribution in [0.1, 0.15) is 31.0 Å². The first-order valence-electron chi connectivity index (χ1n) is 6.44. The third kappa shape index (κ3) is 3.16. The van der Waals surface area contributed by atoms with E-state index in [0.717, 1.165) is 21.3 Å². The Morgan fingerprint density at radius 2 is 2.05 bits per heavy atom. The Bertz CT molecular complexity index is 614. The summed E-state index contributed by atoms with van der Waals surface area (Å²) < 4.78 is 5.93. The molecule has 0 amide bonds. The number of anilines is 1. The smallest absolute Gasteiger partial charge is 0.161 e. The molecule has 0 fully saturated rings. The molecule has 0 radical (unpaired) electrons. The first-order chi connectivity index (χ1) is 9.52. The van der Waals surface area contributed by atoms with Crippen LogP contribution in [-0.4, -0.2) is 17.1 Å². The minimum absolute atomic E-state index is 0.274. The van der Waals surface area contributed by atoms with Crippen LogP contribution in [0.15, 0.2) is 28.7 Å². The van der Waals surface area contributed by atoms with E-state index in [4.69, 9.17) is 10.5 Å². The second kappa shape index (κ2) is 6.33. The highest BCUT2D eigenvalue weighted by Crippen LogP contribution is 2.29. The number of rotatable bonds is 4. The number of ether oxygens (including phenoxy) is 1. The summed E-state index contributed by atoms with van der Waals surface area (Å²) in [6, 6.07) is 7.99. The predicted molar refractivity (Wildman–Crippen MR) is 84.4 cm³/mol. The zero-order chi connectivity index (χ0) is 14.7. The van der Waals surface area contributed by atoms with Crippen molar-refractivity contribution in [1.29, 1.82) is 0 Å². The minimum atomic E-state index is 0.274. The zero-order valence-corrected chi connectivity index (χ0v) is 13.4. The van der Waals surface area contributed by atoms with Crippen molar-refractivity contribution in [3.63, 3.8) is 0 Å². The van der Waals surface area contributed by atoms with Crippen LogP contribution in [-0.2, 0) is 11.3 Å². The van der Waals surface area contributed by atoms with Crippen molar-refractivity contribution in [2.24, 2.45) is 0 Å². The van der Waals surface area contributed by atoms with E-state index in [1.165, 1.54) is 0 Å². The van der Waals surface area contributed by atoms with Gasteiger partial charge in [0.2, 0.25) is 0 Å². The van der Waals surface area contributed by atoms with Gasteiger partial charge in [-0.1, -0.05) is 32.0 Å². The van der Waals surface area contributed by atoms with E-state index in [0.29, 0.717) is 18.2 Å². The molecular weight excluding hydrogens is 318 g/mol. The first-order valence-corrected chi connectivity index (χ1v) is 7.23. The number of nitrogens with two attached hydrogens (primary N) is 1. The van der Waals surface area contributed by atoms with E-state index in [2.05, 4.69) is 39.7 Å². The third-order valence-corrected chi connectivity index (χ3v) is 3.76. The molecule has 1 aromatic carbocycles. The van der Waals surface area contributed by atoms with Crippen molar-refractivity contribution >= 4 is 21.7 Å². The lowest BCUT2D eigenvalue weighted by atomic mass is 10.1. The average molecular weight is 336 g/mol. The lowest BCUT2D eigenvalue weighted by molar-refractivity contribution is 0.185. The summed E-state index contributed by atoms with van der Waals surface area (Å²) in [5, 5.41) is 0. The van der Waals surface area contributed by atoms with Gasteiger partial charge < -0.3 is 10.5 Å². The molecule has 106 valence electrons. The van der Waals surface area contributed by atoms with E-state index in [1.54, 1.807) is 7.11 Å². The summed E-state index contributed by atoms with van der Waals surface area (Å²) in [6.45, 7) is 4.73. The van der Waals surface area contributed by atoms with E-state index in [9.17, 15) is 0 Å². The van der Waals surface area contributed by atoms with Crippen molar-refractivity contribution in [3.05, 3.63) is 40.0 Å². The summed E-state index contributed by atoms with van der Waals surface area (Å²) in [5.74, 6) is 1.39. The molecule has 5 heteroatoms. The van der Waals surface area contributed by atoms with Gasteiger partial charge in [0, 0.05) is 12.7 Å². The number of benzene rings is 1. The van der Waals surface area contributed by atoms with Gasteiger partial charge in [-0.3, -0.25) is 0 Å². The summed E-state index contributed by atoms with van der Waals surface area (Å²) in [5.41, 5.74) is 8.92. The Balaban J connectivity index is 2.50. The topological polar surface area (TPSA) is 61.0 Å². The van der Waals surface area contributed by atoms with Gasteiger partial charge in [-0.2, -0.15) is 0 Å². The highest BCUT2D eigenvalue weighted by atomic mass is 79.9. The average Bonchev–Trinajstić information content (AvgIpc) is 2.42. The Labute approximate surface area is 127 Å². The molecule has 0 atom stereocenters. The van der Waals surface area contributed by atoms with Crippen LogP contribution in [0.25, 0.3) is 11.4 Å². The molecule has 4 nitrogen and oxygen atoms in total. The van der Waals surface area contributed by atoms with Crippen molar-refractivity contribution in [2.75, 3.05) is 12.8 Å². The molecule has 0 aliphatic heterocycles.